The quantitative estimate of drug-likeness (QED) is 0.628. The highest BCUT2D eigenvalue weighted by atomic mass is 16.6. The van der Waals surface area contributed by atoms with Gasteiger partial charge < -0.3 is 19.3 Å². The van der Waals surface area contributed by atoms with E-state index in [-0.39, 0.29) is 0 Å². The molecule has 5 atom stereocenters. The van der Waals surface area contributed by atoms with Gasteiger partial charge in [-0.3, -0.25) is 9.59 Å². The minimum atomic E-state index is -0.852. The third-order valence-corrected chi connectivity index (χ3v) is 3.06. The lowest BCUT2D eigenvalue weighted by Gasteiger charge is -2.27. The summed E-state index contributed by atoms with van der Waals surface area (Å²) in [5.74, 6) is -1.34. The number of ether oxygens (including phenoxy) is 3. The van der Waals surface area contributed by atoms with Gasteiger partial charge in [0.1, 0.15) is 12.2 Å². The summed E-state index contributed by atoms with van der Waals surface area (Å²) in [4.78, 5) is 22.3. The molecule has 2 fully saturated rings. The zero-order chi connectivity index (χ0) is 11.9. The lowest BCUT2D eigenvalue weighted by Crippen LogP contribution is -2.46. The van der Waals surface area contributed by atoms with Crippen LogP contribution in [-0.4, -0.2) is 48.6 Å². The van der Waals surface area contributed by atoms with E-state index in [4.69, 9.17) is 9.47 Å². The molecule has 0 aromatic carbocycles. The molecule has 6 nitrogen and oxygen atoms in total. The van der Waals surface area contributed by atoms with Crippen molar-refractivity contribution in [3.05, 3.63) is 0 Å². The number of esters is 2. The molecule has 0 amide bonds. The van der Waals surface area contributed by atoms with Gasteiger partial charge in [0.2, 0.25) is 0 Å². The van der Waals surface area contributed by atoms with E-state index in [0.717, 1.165) is 0 Å². The summed E-state index contributed by atoms with van der Waals surface area (Å²) in [5.41, 5.74) is 0. The average molecular weight is 230 g/mol. The second kappa shape index (κ2) is 4.03. The highest BCUT2D eigenvalue weighted by Crippen LogP contribution is 2.41. The molecule has 16 heavy (non-hydrogen) atoms. The van der Waals surface area contributed by atoms with E-state index in [9.17, 15) is 14.7 Å². The highest BCUT2D eigenvalue weighted by molar-refractivity contribution is 5.74. The maximum atomic E-state index is 11.4. The first-order chi connectivity index (χ1) is 7.54. The predicted molar refractivity (Wildman–Crippen MR) is 50.3 cm³/mol. The number of carbonyl (C=O) groups is 2. The first-order valence-electron chi connectivity index (χ1n) is 5.13. The molecule has 1 N–H and O–H groups in total. The van der Waals surface area contributed by atoms with Crippen LogP contribution in [0.5, 0.6) is 0 Å². The number of hydrogen-bond donors (Lipinski definition) is 1. The number of aliphatic hydroxyl groups is 1. The average Bonchev–Trinajstić information content (AvgIpc) is 2.77. The van der Waals surface area contributed by atoms with Crippen molar-refractivity contribution in [2.45, 2.75) is 37.8 Å². The molecule has 2 rings (SSSR count). The number of methoxy groups -OCH3 is 1. The molecule has 2 aliphatic rings. The third kappa shape index (κ3) is 1.68. The zero-order valence-corrected chi connectivity index (χ0v) is 9.08. The van der Waals surface area contributed by atoms with Gasteiger partial charge in [0.25, 0.3) is 0 Å². The van der Waals surface area contributed by atoms with Gasteiger partial charge in [-0.25, -0.2) is 0 Å². The number of carbonyl (C=O) groups excluding carboxylic acids is 2. The van der Waals surface area contributed by atoms with E-state index in [1.54, 1.807) is 0 Å². The van der Waals surface area contributed by atoms with Gasteiger partial charge in [-0.2, -0.15) is 0 Å². The Kier molecular flexibility index (Phi) is 2.86. The molecule has 0 saturated carbocycles. The highest BCUT2D eigenvalue weighted by Gasteiger charge is 2.58. The van der Waals surface area contributed by atoms with E-state index in [1.807, 2.05) is 0 Å². The Hall–Kier alpha value is -1.14. The number of aliphatic hydroxyl groups excluding tert-OH is 1. The van der Waals surface area contributed by atoms with Crippen molar-refractivity contribution in [1.29, 1.82) is 0 Å². The van der Waals surface area contributed by atoms with Gasteiger partial charge in [0.15, 0.2) is 6.10 Å². The van der Waals surface area contributed by atoms with Crippen LogP contribution in [0.4, 0.5) is 0 Å². The Morgan fingerprint density at radius 1 is 1.44 bits per heavy atom. The van der Waals surface area contributed by atoms with Crippen LogP contribution in [0.3, 0.4) is 0 Å². The normalized spacial score (nSPS) is 40.8. The molecule has 2 heterocycles. The van der Waals surface area contributed by atoms with Crippen LogP contribution < -0.4 is 0 Å². The van der Waals surface area contributed by atoms with Gasteiger partial charge in [0, 0.05) is 6.92 Å². The van der Waals surface area contributed by atoms with Gasteiger partial charge in [0.05, 0.1) is 19.1 Å². The molecule has 0 aromatic heterocycles. The first-order valence-corrected chi connectivity index (χ1v) is 5.13. The lowest BCUT2D eigenvalue weighted by atomic mass is 9.85. The van der Waals surface area contributed by atoms with Crippen molar-refractivity contribution in [1.82, 2.24) is 0 Å². The number of hydrogen-bond acceptors (Lipinski definition) is 6. The van der Waals surface area contributed by atoms with E-state index in [0.29, 0.717) is 6.42 Å². The van der Waals surface area contributed by atoms with Crippen LogP contribution in [0.2, 0.25) is 0 Å². The summed E-state index contributed by atoms with van der Waals surface area (Å²) in [5, 5.41) is 9.75. The summed E-state index contributed by atoms with van der Waals surface area (Å²) in [6, 6.07) is 0. The van der Waals surface area contributed by atoms with E-state index in [1.165, 1.54) is 14.0 Å². The standard InChI is InChI=1S/C10H14O6/c1-4(11)15-9-7(12)6-3-5(8(9)16-6)10(13)14-2/h5-9,12H,3H2,1-2H3/t5?,6?,7?,8-,9-/m0/s1. The van der Waals surface area contributed by atoms with Crippen molar-refractivity contribution in [2.24, 2.45) is 5.92 Å². The van der Waals surface area contributed by atoms with Crippen molar-refractivity contribution in [2.75, 3.05) is 7.11 Å². The predicted octanol–water partition coefficient (Wildman–Crippen LogP) is -0.761. The summed E-state index contributed by atoms with van der Waals surface area (Å²) >= 11 is 0. The summed E-state index contributed by atoms with van der Waals surface area (Å²) in [6.07, 6.45) is -2.24. The van der Waals surface area contributed by atoms with Gasteiger partial charge in [-0.15, -0.1) is 0 Å². The van der Waals surface area contributed by atoms with Crippen LogP contribution in [0.1, 0.15) is 13.3 Å². The van der Waals surface area contributed by atoms with E-state index in [2.05, 4.69) is 4.74 Å². The fourth-order valence-electron chi connectivity index (χ4n) is 2.38. The molecule has 6 heteroatoms. The molecule has 0 spiro atoms. The van der Waals surface area contributed by atoms with Gasteiger partial charge in [-0.1, -0.05) is 0 Å². The van der Waals surface area contributed by atoms with Gasteiger partial charge in [-0.05, 0) is 6.42 Å². The minimum Gasteiger partial charge on any atom is -0.469 e. The van der Waals surface area contributed by atoms with Crippen LogP contribution in [-0.2, 0) is 23.8 Å². The molecule has 0 radical (unpaired) electrons. The van der Waals surface area contributed by atoms with Crippen molar-refractivity contribution in [3.8, 4) is 0 Å². The van der Waals surface area contributed by atoms with Crippen molar-refractivity contribution >= 4 is 11.9 Å². The lowest BCUT2D eigenvalue weighted by molar-refractivity contribution is -0.161. The maximum absolute atomic E-state index is 11.4. The summed E-state index contributed by atoms with van der Waals surface area (Å²) in [6.45, 7) is 1.26. The molecule has 2 aliphatic heterocycles. The molecule has 2 saturated heterocycles. The van der Waals surface area contributed by atoms with Crippen molar-refractivity contribution < 1.29 is 28.9 Å². The number of rotatable bonds is 2. The monoisotopic (exact) mass is 230 g/mol. The smallest absolute Gasteiger partial charge is 0.311 e. The Morgan fingerprint density at radius 2 is 2.12 bits per heavy atom. The fraction of sp³-hybridized carbons (Fsp3) is 0.800. The van der Waals surface area contributed by atoms with E-state index < -0.39 is 42.3 Å². The Labute approximate surface area is 92.5 Å². The summed E-state index contributed by atoms with van der Waals surface area (Å²) < 4.78 is 15.0. The second-order valence-electron chi connectivity index (χ2n) is 4.07. The summed E-state index contributed by atoms with van der Waals surface area (Å²) in [7, 11) is 1.30. The Bertz CT molecular complexity index is 314. The largest absolute Gasteiger partial charge is 0.469 e. The Morgan fingerprint density at radius 3 is 2.62 bits per heavy atom. The zero-order valence-electron chi connectivity index (χ0n) is 9.08. The minimum absolute atomic E-state index is 0.392. The van der Waals surface area contributed by atoms with Crippen LogP contribution >= 0.6 is 0 Å². The topological polar surface area (TPSA) is 82.1 Å². The Balaban J connectivity index is 2.10. The SMILES string of the molecule is COC(=O)C1CC2O[C@@H]1[C@@H](OC(C)=O)C2O. The second-order valence-corrected chi connectivity index (χ2v) is 4.07. The number of fused-ring (bicyclic) bond motifs is 2. The van der Waals surface area contributed by atoms with Gasteiger partial charge >= 0.3 is 11.9 Å². The molecular weight excluding hydrogens is 216 g/mol. The molecule has 90 valence electrons. The molecule has 0 aliphatic carbocycles. The van der Waals surface area contributed by atoms with Crippen LogP contribution in [0.15, 0.2) is 0 Å². The molecule has 0 aromatic rings. The van der Waals surface area contributed by atoms with E-state index >= 15 is 0 Å². The first kappa shape index (κ1) is 11.3. The molecule has 2 bridgehead atoms. The molecular formula is C10H14O6. The maximum Gasteiger partial charge on any atom is 0.311 e. The van der Waals surface area contributed by atoms with Crippen LogP contribution in [0, 0.1) is 5.92 Å². The molecule has 3 unspecified atom stereocenters. The fourth-order valence-corrected chi connectivity index (χ4v) is 2.38. The van der Waals surface area contributed by atoms with Crippen molar-refractivity contribution in [3.63, 3.8) is 0 Å². The third-order valence-electron chi connectivity index (χ3n) is 3.06. The van der Waals surface area contributed by atoms with Crippen LogP contribution in [0.25, 0.3) is 0 Å².